The van der Waals surface area contributed by atoms with Crippen LogP contribution in [-0.4, -0.2) is 68.2 Å². The smallest absolute Gasteiger partial charge is 0.253 e. The van der Waals surface area contributed by atoms with E-state index in [-0.39, 0.29) is 40.5 Å². The van der Waals surface area contributed by atoms with Gasteiger partial charge < -0.3 is 20.2 Å². The number of piperazine rings is 1. The molecule has 1 saturated heterocycles. The van der Waals surface area contributed by atoms with Crippen LogP contribution in [0.3, 0.4) is 0 Å². The van der Waals surface area contributed by atoms with Crippen molar-refractivity contribution in [2.45, 2.75) is 26.3 Å². The normalized spacial score (nSPS) is 14.1. The Morgan fingerprint density at radius 3 is 2.14 bits per heavy atom. The Labute approximate surface area is 215 Å². The number of hydrogen-bond acceptors (Lipinski definition) is 7. The molecule has 0 unspecified atom stereocenters. The highest BCUT2D eigenvalue weighted by atomic mass is 16.5. The van der Waals surface area contributed by atoms with Crippen molar-refractivity contribution >= 4 is 17.4 Å². The standard InChI is InChI=1S/C28H32N4O5/c1-18(2)23-15-24(26(35)16-25(23)34)27(29)32(37)21-7-3-19(4-8-21)17-30-11-13-31(14-12-30)28(36)20-5-9-22(33)10-6-20/h3-10,15-16,18,29,33-35,37H,11-14,17H2,1-2H3. The molecule has 1 heterocycles. The van der Waals surface area contributed by atoms with Crippen molar-refractivity contribution < 1.29 is 25.3 Å². The molecule has 3 aromatic carbocycles. The average molecular weight is 505 g/mol. The van der Waals surface area contributed by atoms with Crippen LogP contribution in [0.25, 0.3) is 0 Å². The van der Waals surface area contributed by atoms with Crippen molar-refractivity contribution in [3.8, 4) is 17.2 Å². The number of phenolic OH excluding ortho intramolecular Hbond substituents is 3. The third-order valence-electron chi connectivity index (χ3n) is 6.59. The second kappa shape index (κ2) is 10.9. The van der Waals surface area contributed by atoms with E-state index in [4.69, 9.17) is 5.41 Å². The van der Waals surface area contributed by atoms with Crippen LogP contribution in [0.2, 0.25) is 0 Å². The Kier molecular flexibility index (Phi) is 7.66. The summed E-state index contributed by atoms with van der Waals surface area (Å²) in [6.45, 7) is 7.12. The molecule has 0 atom stereocenters. The van der Waals surface area contributed by atoms with Crippen LogP contribution in [-0.2, 0) is 6.54 Å². The molecule has 0 bridgehead atoms. The van der Waals surface area contributed by atoms with E-state index in [1.807, 2.05) is 30.9 Å². The van der Waals surface area contributed by atoms with Crippen molar-refractivity contribution in [2.24, 2.45) is 0 Å². The van der Waals surface area contributed by atoms with Gasteiger partial charge in [-0.2, -0.15) is 0 Å². The number of hydroxylamine groups is 1. The van der Waals surface area contributed by atoms with Gasteiger partial charge in [-0.25, -0.2) is 5.06 Å². The lowest BCUT2D eigenvalue weighted by atomic mass is 9.98. The first-order valence-electron chi connectivity index (χ1n) is 12.2. The minimum Gasteiger partial charge on any atom is -0.508 e. The maximum absolute atomic E-state index is 12.7. The molecule has 9 heteroatoms. The fourth-order valence-electron chi connectivity index (χ4n) is 4.39. The number of rotatable bonds is 6. The molecule has 37 heavy (non-hydrogen) atoms. The van der Waals surface area contributed by atoms with Gasteiger partial charge in [0.25, 0.3) is 5.91 Å². The van der Waals surface area contributed by atoms with E-state index in [1.54, 1.807) is 24.3 Å². The molecule has 3 aromatic rings. The van der Waals surface area contributed by atoms with Crippen LogP contribution in [0.4, 0.5) is 5.69 Å². The zero-order valence-corrected chi connectivity index (χ0v) is 20.9. The number of benzene rings is 3. The number of carbonyl (C=O) groups excluding carboxylic acids is 1. The minimum atomic E-state index is -0.304. The van der Waals surface area contributed by atoms with Crippen LogP contribution in [0, 0.1) is 5.41 Å². The van der Waals surface area contributed by atoms with Crippen molar-refractivity contribution in [3.63, 3.8) is 0 Å². The van der Waals surface area contributed by atoms with Gasteiger partial charge in [-0.05, 0) is 59.5 Å². The fourth-order valence-corrected chi connectivity index (χ4v) is 4.39. The van der Waals surface area contributed by atoms with Gasteiger partial charge in [-0.15, -0.1) is 0 Å². The molecule has 9 nitrogen and oxygen atoms in total. The second-order valence-electron chi connectivity index (χ2n) is 9.52. The molecular formula is C28H32N4O5. The molecule has 0 spiro atoms. The van der Waals surface area contributed by atoms with Crippen molar-refractivity contribution in [3.05, 3.63) is 82.9 Å². The zero-order chi connectivity index (χ0) is 26.7. The Hall–Kier alpha value is -4.08. The summed E-state index contributed by atoms with van der Waals surface area (Å²) in [6.07, 6.45) is 0. The summed E-state index contributed by atoms with van der Waals surface area (Å²) in [5, 5.41) is 49.4. The summed E-state index contributed by atoms with van der Waals surface area (Å²) in [6, 6.07) is 16.1. The van der Waals surface area contributed by atoms with Crippen molar-refractivity contribution in [1.82, 2.24) is 9.80 Å². The van der Waals surface area contributed by atoms with Crippen LogP contribution in [0.1, 0.15) is 46.8 Å². The summed E-state index contributed by atoms with van der Waals surface area (Å²) < 4.78 is 0. The number of amides is 1. The highest BCUT2D eigenvalue weighted by Gasteiger charge is 2.23. The highest BCUT2D eigenvalue weighted by Crippen LogP contribution is 2.33. The molecule has 0 aliphatic carbocycles. The molecule has 1 amide bonds. The fraction of sp³-hybridized carbons (Fsp3) is 0.286. The van der Waals surface area contributed by atoms with Crippen LogP contribution in [0.15, 0.2) is 60.7 Å². The maximum Gasteiger partial charge on any atom is 0.253 e. The van der Waals surface area contributed by atoms with Gasteiger partial charge in [0.2, 0.25) is 0 Å². The number of carbonyl (C=O) groups is 1. The zero-order valence-electron chi connectivity index (χ0n) is 20.9. The molecule has 4 rings (SSSR count). The molecule has 1 fully saturated rings. The number of nitrogens with zero attached hydrogens (tertiary/aromatic N) is 3. The molecular weight excluding hydrogens is 472 g/mol. The van der Waals surface area contributed by atoms with Gasteiger partial charge in [0.05, 0.1) is 11.3 Å². The first-order valence-corrected chi connectivity index (χ1v) is 12.2. The van der Waals surface area contributed by atoms with Crippen LogP contribution < -0.4 is 5.06 Å². The summed E-state index contributed by atoms with van der Waals surface area (Å²) in [4.78, 5) is 16.7. The van der Waals surface area contributed by atoms with Gasteiger partial charge in [0.15, 0.2) is 5.84 Å². The third-order valence-corrected chi connectivity index (χ3v) is 6.59. The summed E-state index contributed by atoms with van der Waals surface area (Å²) in [5.74, 6) is -0.580. The van der Waals surface area contributed by atoms with Crippen molar-refractivity contribution in [1.29, 1.82) is 5.41 Å². The Morgan fingerprint density at radius 2 is 1.54 bits per heavy atom. The van der Waals surface area contributed by atoms with E-state index in [0.29, 0.717) is 41.5 Å². The van der Waals surface area contributed by atoms with E-state index >= 15 is 0 Å². The quantitative estimate of drug-likeness (QED) is 0.194. The van der Waals surface area contributed by atoms with E-state index < -0.39 is 0 Å². The summed E-state index contributed by atoms with van der Waals surface area (Å²) in [7, 11) is 0. The van der Waals surface area contributed by atoms with Crippen LogP contribution in [0.5, 0.6) is 17.2 Å². The van der Waals surface area contributed by atoms with E-state index in [2.05, 4.69) is 4.90 Å². The molecule has 0 aromatic heterocycles. The summed E-state index contributed by atoms with van der Waals surface area (Å²) in [5.41, 5.74) is 2.65. The van der Waals surface area contributed by atoms with Gasteiger partial charge in [-0.3, -0.25) is 20.3 Å². The largest absolute Gasteiger partial charge is 0.508 e. The molecule has 0 radical (unpaired) electrons. The highest BCUT2D eigenvalue weighted by molar-refractivity contribution is 6.08. The van der Waals surface area contributed by atoms with Gasteiger partial charge in [-0.1, -0.05) is 26.0 Å². The lowest BCUT2D eigenvalue weighted by Gasteiger charge is -2.34. The first kappa shape index (κ1) is 26.0. The van der Waals surface area contributed by atoms with E-state index in [1.165, 1.54) is 24.3 Å². The molecule has 1 aliphatic heterocycles. The second-order valence-corrected chi connectivity index (χ2v) is 9.52. The predicted octanol–water partition coefficient (Wildman–Crippen LogP) is 4.11. The van der Waals surface area contributed by atoms with Gasteiger partial charge in [0.1, 0.15) is 17.2 Å². The molecule has 0 saturated carbocycles. The number of anilines is 1. The first-order chi connectivity index (χ1) is 17.6. The number of aromatic hydroxyl groups is 3. The molecule has 1 aliphatic rings. The SMILES string of the molecule is CC(C)c1cc(C(=N)N(O)c2ccc(CN3CCN(C(=O)c4ccc(O)cc4)CC3)cc2)c(O)cc1O. The Balaban J connectivity index is 1.35. The van der Waals surface area contributed by atoms with Gasteiger partial charge in [0, 0.05) is 44.4 Å². The lowest BCUT2D eigenvalue weighted by Crippen LogP contribution is -2.48. The summed E-state index contributed by atoms with van der Waals surface area (Å²) >= 11 is 0. The number of amidine groups is 1. The minimum absolute atomic E-state index is 0.0219. The average Bonchev–Trinajstić information content (AvgIpc) is 2.88. The monoisotopic (exact) mass is 504 g/mol. The van der Waals surface area contributed by atoms with Gasteiger partial charge >= 0.3 is 0 Å². The number of phenols is 3. The third kappa shape index (κ3) is 5.84. The van der Waals surface area contributed by atoms with E-state index in [9.17, 15) is 25.3 Å². The van der Waals surface area contributed by atoms with Crippen molar-refractivity contribution in [2.75, 3.05) is 31.2 Å². The molecule has 5 N–H and O–H groups in total. The predicted molar refractivity (Wildman–Crippen MR) is 141 cm³/mol. The number of nitrogens with one attached hydrogen (secondary N) is 1. The van der Waals surface area contributed by atoms with E-state index in [0.717, 1.165) is 18.7 Å². The maximum atomic E-state index is 12.7. The number of hydrogen-bond donors (Lipinski definition) is 5. The topological polar surface area (TPSA) is 132 Å². The van der Waals surface area contributed by atoms with Crippen LogP contribution >= 0.6 is 0 Å². The molecule has 194 valence electrons. The lowest BCUT2D eigenvalue weighted by molar-refractivity contribution is 0.0628. The Morgan fingerprint density at radius 1 is 0.919 bits per heavy atom. The Bertz CT molecular complexity index is 1270.